The molecule has 1 aliphatic carbocycles. The van der Waals surface area contributed by atoms with Crippen molar-refractivity contribution in [1.82, 2.24) is 4.90 Å². The summed E-state index contributed by atoms with van der Waals surface area (Å²) in [5.74, 6) is 0.868. The highest BCUT2D eigenvalue weighted by Gasteiger charge is 2.38. The lowest BCUT2D eigenvalue weighted by molar-refractivity contribution is -0.121. The molecule has 2 aliphatic heterocycles. The zero-order chi connectivity index (χ0) is 13.4. The second-order valence-electron chi connectivity index (χ2n) is 5.09. The van der Waals surface area contributed by atoms with Gasteiger partial charge in [0.15, 0.2) is 11.5 Å². The van der Waals surface area contributed by atoms with Crippen LogP contribution in [0.25, 0.3) is 0 Å². The molecule has 0 N–H and O–H groups in total. The summed E-state index contributed by atoms with van der Waals surface area (Å²) >= 11 is 0. The van der Waals surface area contributed by atoms with Gasteiger partial charge in [-0.1, -0.05) is 19.8 Å². The summed E-state index contributed by atoms with van der Waals surface area (Å²) in [6.45, 7) is 2.29. The summed E-state index contributed by atoms with van der Waals surface area (Å²) < 4.78 is 0. The number of urea groups is 1. The smallest absolute Gasteiger partial charge is 0.267 e. The van der Waals surface area contributed by atoms with Gasteiger partial charge in [-0.25, -0.2) is 14.8 Å². The molecule has 3 amide bonds. The minimum atomic E-state index is -0.516. The first-order chi connectivity index (χ1) is 9.20. The molecule has 0 atom stereocenters. The average Bonchev–Trinajstić information content (AvgIpc) is 3.02. The normalized spacial score (nSPS) is 23.4. The second-order valence-corrected chi connectivity index (χ2v) is 5.09. The number of nitrogens with zero attached hydrogens (tertiary/aromatic N) is 4. The summed E-state index contributed by atoms with van der Waals surface area (Å²) in [4.78, 5) is 37.6. The molecule has 3 rings (SSSR count). The summed E-state index contributed by atoms with van der Waals surface area (Å²) in [7, 11) is 0. The van der Waals surface area contributed by atoms with Crippen LogP contribution in [-0.4, -0.2) is 40.8 Å². The van der Waals surface area contributed by atoms with Crippen LogP contribution < -0.4 is 0 Å². The van der Waals surface area contributed by atoms with Gasteiger partial charge >= 0.3 is 6.03 Å². The number of carbonyl (C=O) groups excluding carboxylic acids is 2. The fraction of sp³-hybridized carbons (Fsp3) is 0.615. The zero-order valence-corrected chi connectivity index (χ0v) is 10.9. The number of carbonyl (C=O) groups is 2. The highest BCUT2D eigenvalue weighted by molar-refractivity contribution is 6.72. The van der Waals surface area contributed by atoms with E-state index in [1.807, 2.05) is 6.92 Å². The van der Waals surface area contributed by atoms with E-state index >= 15 is 0 Å². The Morgan fingerprint density at radius 1 is 1.16 bits per heavy atom. The molecule has 100 valence electrons. The van der Waals surface area contributed by atoms with E-state index in [4.69, 9.17) is 0 Å². The van der Waals surface area contributed by atoms with Crippen LogP contribution in [0.4, 0.5) is 4.79 Å². The van der Waals surface area contributed by atoms with Crippen molar-refractivity contribution >= 4 is 29.3 Å². The van der Waals surface area contributed by atoms with Crippen LogP contribution in [-0.2, 0) is 4.79 Å². The first kappa shape index (κ1) is 12.2. The van der Waals surface area contributed by atoms with Gasteiger partial charge in [-0.3, -0.25) is 9.69 Å². The third-order valence-electron chi connectivity index (χ3n) is 3.71. The molecule has 6 heteroatoms. The third-order valence-corrected chi connectivity index (χ3v) is 3.71. The van der Waals surface area contributed by atoms with Crippen LogP contribution in [0.5, 0.6) is 0 Å². The van der Waals surface area contributed by atoms with E-state index in [2.05, 4.69) is 15.0 Å². The van der Waals surface area contributed by atoms with Crippen molar-refractivity contribution in [2.45, 2.75) is 39.0 Å². The Morgan fingerprint density at radius 2 is 1.89 bits per heavy atom. The molecular weight excluding hydrogens is 244 g/mol. The Morgan fingerprint density at radius 3 is 2.58 bits per heavy atom. The molecule has 1 saturated carbocycles. The molecule has 0 radical (unpaired) electrons. The van der Waals surface area contributed by atoms with Crippen LogP contribution in [0.15, 0.2) is 15.0 Å². The molecule has 2 heterocycles. The maximum absolute atomic E-state index is 12.2. The molecule has 19 heavy (non-hydrogen) atoms. The van der Waals surface area contributed by atoms with Crippen molar-refractivity contribution in [2.75, 3.05) is 6.54 Å². The molecule has 3 aliphatic rings. The number of aliphatic imine (C=N–C) groups is 3. The predicted octanol–water partition coefficient (Wildman–Crippen LogP) is 1.80. The first-order valence-electron chi connectivity index (χ1n) is 6.83. The molecule has 0 bridgehead atoms. The number of hydrogen-bond acceptors (Lipinski definition) is 4. The minimum absolute atomic E-state index is 0.212. The van der Waals surface area contributed by atoms with Crippen molar-refractivity contribution in [3.63, 3.8) is 0 Å². The van der Waals surface area contributed by atoms with E-state index in [-0.39, 0.29) is 17.5 Å². The van der Waals surface area contributed by atoms with Gasteiger partial charge in [0.25, 0.3) is 5.91 Å². The Balaban J connectivity index is 1.89. The van der Waals surface area contributed by atoms with Crippen LogP contribution >= 0.6 is 0 Å². The van der Waals surface area contributed by atoms with E-state index in [1.165, 1.54) is 12.8 Å². The predicted molar refractivity (Wildman–Crippen MR) is 71.7 cm³/mol. The molecular formula is C13H16N4O2. The fourth-order valence-electron chi connectivity index (χ4n) is 2.73. The largest absolute Gasteiger partial charge is 0.352 e. The van der Waals surface area contributed by atoms with E-state index in [0.717, 1.165) is 17.7 Å². The Hall–Kier alpha value is -1.85. The average molecular weight is 260 g/mol. The minimum Gasteiger partial charge on any atom is -0.267 e. The molecule has 0 aromatic heterocycles. The number of hydrogen-bond donors (Lipinski definition) is 0. The summed E-state index contributed by atoms with van der Waals surface area (Å²) in [6, 6.07) is -0.516. The SMILES string of the molecule is CCCN1C(=O)N=C2N=C(C3CCCC3)N=C2C1=O. The molecule has 0 aromatic rings. The quantitative estimate of drug-likeness (QED) is 0.776. The standard InChI is InChI=1S/C13H16N4O2/c1-2-7-17-12(18)9-11(16-13(17)19)15-10(14-9)8-5-3-4-6-8/h8H,2-7H2,1H3. The molecule has 0 spiro atoms. The van der Waals surface area contributed by atoms with E-state index in [9.17, 15) is 9.59 Å². The molecule has 0 unspecified atom stereocenters. The number of amidine groups is 2. The number of imide groups is 1. The van der Waals surface area contributed by atoms with Gasteiger partial charge in [-0.15, -0.1) is 0 Å². The van der Waals surface area contributed by atoms with Crippen LogP contribution in [0.1, 0.15) is 39.0 Å². The Bertz CT molecular complexity index is 527. The van der Waals surface area contributed by atoms with Gasteiger partial charge in [-0.05, 0) is 19.3 Å². The highest BCUT2D eigenvalue weighted by atomic mass is 16.2. The summed E-state index contributed by atoms with van der Waals surface area (Å²) in [5, 5.41) is 0. The van der Waals surface area contributed by atoms with Gasteiger partial charge in [-0.2, -0.15) is 4.99 Å². The molecule has 6 nitrogen and oxygen atoms in total. The maximum atomic E-state index is 12.2. The fourth-order valence-corrected chi connectivity index (χ4v) is 2.73. The van der Waals surface area contributed by atoms with E-state index in [1.54, 1.807) is 0 Å². The second kappa shape index (κ2) is 4.68. The van der Waals surface area contributed by atoms with Gasteiger partial charge in [0, 0.05) is 12.5 Å². The lowest BCUT2D eigenvalue weighted by Crippen LogP contribution is -2.46. The van der Waals surface area contributed by atoms with Gasteiger partial charge in [0.1, 0.15) is 5.84 Å². The molecule has 0 saturated heterocycles. The first-order valence-corrected chi connectivity index (χ1v) is 6.83. The maximum Gasteiger partial charge on any atom is 0.352 e. The summed E-state index contributed by atoms with van der Waals surface area (Å²) in [5.41, 5.74) is 0.245. The number of fused-ring (bicyclic) bond motifs is 1. The Kier molecular flexibility index (Phi) is 3.00. The van der Waals surface area contributed by atoms with Crippen LogP contribution in [0.2, 0.25) is 0 Å². The van der Waals surface area contributed by atoms with Crippen molar-refractivity contribution < 1.29 is 9.59 Å². The van der Waals surface area contributed by atoms with Crippen molar-refractivity contribution in [1.29, 1.82) is 0 Å². The van der Waals surface area contributed by atoms with E-state index < -0.39 is 6.03 Å². The Labute approximate surface area is 111 Å². The lowest BCUT2D eigenvalue weighted by atomic mass is 10.1. The van der Waals surface area contributed by atoms with Crippen molar-refractivity contribution in [3.8, 4) is 0 Å². The van der Waals surface area contributed by atoms with E-state index in [0.29, 0.717) is 24.7 Å². The number of rotatable bonds is 3. The van der Waals surface area contributed by atoms with Crippen molar-refractivity contribution in [2.24, 2.45) is 20.9 Å². The third kappa shape index (κ3) is 2.01. The van der Waals surface area contributed by atoms with Crippen LogP contribution in [0, 0.1) is 5.92 Å². The van der Waals surface area contributed by atoms with Gasteiger partial charge < -0.3 is 0 Å². The topological polar surface area (TPSA) is 74.5 Å². The van der Waals surface area contributed by atoms with Gasteiger partial charge in [0.05, 0.1) is 0 Å². The molecule has 0 aromatic carbocycles. The number of amides is 3. The van der Waals surface area contributed by atoms with Gasteiger partial charge in [0.2, 0.25) is 0 Å². The molecule has 1 fully saturated rings. The monoisotopic (exact) mass is 260 g/mol. The summed E-state index contributed by atoms with van der Waals surface area (Å²) in [6.07, 6.45) is 5.19. The highest BCUT2D eigenvalue weighted by Crippen LogP contribution is 2.28. The lowest BCUT2D eigenvalue weighted by Gasteiger charge is -2.20. The van der Waals surface area contributed by atoms with Crippen molar-refractivity contribution in [3.05, 3.63) is 0 Å². The van der Waals surface area contributed by atoms with Crippen LogP contribution in [0.3, 0.4) is 0 Å². The zero-order valence-electron chi connectivity index (χ0n) is 10.9.